The van der Waals surface area contributed by atoms with Crippen LogP contribution in [0.2, 0.25) is 0 Å². The van der Waals surface area contributed by atoms with Gasteiger partial charge in [-0.15, -0.1) is 0 Å². The highest BCUT2D eigenvalue weighted by atomic mass is 19.4. The van der Waals surface area contributed by atoms with Crippen LogP contribution in [0.1, 0.15) is 12.5 Å². The van der Waals surface area contributed by atoms with Gasteiger partial charge in [-0.25, -0.2) is 0 Å². The number of benzene rings is 1. The lowest BCUT2D eigenvalue weighted by Gasteiger charge is -2.24. The van der Waals surface area contributed by atoms with Gasteiger partial charge in [-0.1, -0.05) is 30.3 Å². The van der Waals surface area contributed by atoms with Crippen LogP contribution in [0, 0.1) is 11.3 Å². The van der Waals surface area contributed by atoms with Gasteiger partial charge in [-0.05, 0) is 12.5 Å². The number of hydrogen-bond donors (Lipinski definition) is 0. The molecule has 0 aromatic heterocycles. The van der Waals surface area contributed by atoms with Crippen molar-refractivity contribution in [1.29, 1.82) is 5.26 Å². The van der Waals surface area contributed by atoms with E-state index in [0.29, 0.717) is 5.56 Å². The van der Waals surface area contributed by atoms with E-state index in [-0.39, 0.29) is 6.61 Å². The minimum Gasteiger partial charge on any atom is -0.348 e. The molecule has 1 aromatic carbocycles. The molecule has 0 saturated carbocycles. The van der Waals surface area contributed by atoms with Gasteiger partial charge in [0.1, 0.15) is 6.07 Å². The molecular formula is C11H10F3NO. The summed E-state index contributed by atoms with van der Waals surface area (Å²) in [4.78, 5) is 0. The van der Waals surface area contributed by atoms with Crippen LogP contribution in [0.4, 0.5) is 13.2 Å². The molecule has 0 aliphatic carbocycles. The smallest absolute Gasteiger partial charge is 0.348 e. The Hall–Kier alpha value is -1.54. The lowest BCUT2D eigenvalue weighted by molar-refractivity contribution is -0.250. The summed E-state index contributed by atoms with van der Waals surface area (Å²) in [6.45, 7) is 0.473. The summed E-state index contributed by atoms with van der Waals surface area (Å²) < 4.78 is 42.0. The summed E-state index contributed by atoms with van der Waals surface area (Å²) >= 11 is 0. The predicted octanol–water partition coefficient (Wildman–Crippen LogP) is 3.05. The molecule has 1 aromatic rings. The Labute approximate surface area is 91.3 Å². The van der Waals surface area contributed by atoms with Gasteiger partial charge in [0.25, 0.3) is 0 Å². The summed E-state index contributed by atoms with van der Waals surface area (Å²) in [6, 6.07) is 9.54. The molecule has 5 heteroatoms. The fraction of sp³-hybridized carbons (Fsp3) is 0.364. The van der Waals surface area contributed by atoms with Crippen molar-refractivity contribution in [2.45, 2.75) is 25.3 Å². The topological polar surface area (TPSA) is 33.0 Å². The van der Waals surface area contributed by atoms with Crippen LogP contribution < -0.4 is 0 Å². The van der Waals surface area contributed by atoms with E-state index in [2.05, 4.69) is 4.74 Å². The van der Waals surface area contributed by atoms with E-state index in [1.54, 1.807) is 30.3 Å². The molecule has 0 N–H and O–H groups in total. The third kappa shape index (κ3) is 2.74. The molecule has 0 heterocycles. The quantitative estimate of drug-likeness (QED) is 0.798. The lowest BCUT2D eigenvalue weighted by Crippen LogP contribution is -2.43. The highest BCUT2D eigenvalue weighted by molar-refractivity contribution is 5.14. The fourth-order valence-electron chi connectivity index (χ4n) is 0.979. The van der Waals surface area contributed by atoms with E-state index in [1.165, 1.54) is 0 Å². The van der Waals surface area contributed by atoms with Gasteiger partial charge < -0.3 is 4.74 Å². The second-order valence-electron chi connectivity index (χ2n) is 3.42. The maximum absolute atomic E-state index is 12.5. The number of alkyl halides is 3. The minimum atomic E-state index is -4.70. The zero-order chi connectivity index (χ0) is 12.2. The van der Waals surface area contributed by atoms with Crippen LogP contribution in [-0.2, 0) is 11.3 Å². The summed E-state index contributed by atoms with van der Waals surface area (Å²) in [5.74, 6) is 0. The van der Waals surface area contributed by atoms with Crippen molar-refractivity contribution in [3.8, 4) is 6.07 Å². The van der Waals surface area contributed by atoms with E-state index in [0.717, 1.165) is 13.0 Å². The molecule has 0 spiro atoms. The van der Waals surface area contributed by atoms with E-state index in [9.17, 15) is 13.2 Å². The average molecular weight is 229 g/mol. The fourth-order valence-corrected chi connectivity index (χ4v) is 0.979. The van der Waals surface area contributed by atoms with Crippen LogP contribution in [-0.4, -0.2) is 11.8 Å². The zero-order valence-corrected chi connectivity index (χ0v) is 8.58. The van der Waals surface area contributed by atoms with Crippen LogP contribution in [0.3, 0.4) is 0 Å². The Kier molecular flexibility index (Phi) is 3.55. The maximum Gasteiger partial charge on any atom is 0.430 e. The van der Waals surface area contributed by atoms with Crippen molar-refractivity contribution in [1.82, 2.24) is 0 Å². The molecule has 0 radical (unpaired) electrons. The molecule has 0 aliphatic heterocycles. The number of rotatable bonds is 3. The van der Waals surface area contributed by atoms with Crippen LogP contribution >= 0.6 is 0 Å². The SMILES string of the molecule is CC(C#N)(OCc1ccccc1)C(F)(F)F. The Balaban J connectivity index is 2.71. The Bertz CT molecular complexity index is 382. The van der Waals surface area contributed by atoms with E-state index in [1.807, 2.05) is 0 Å². The van der Waals surface area contributed by atoms with Gasteiger partial charge >= 0.3 is 6.18 Å². The third-order valence-corrected chi connectivity index (χ3v) is 2.12. The number of nitriles is 1. The monoisotopic (exact) mass is 229 g/mol. The first-order valence-corrected chi connectivity index (χ1v) is 4.55. The molecule has 0 fully saturated rings. The molecule has 1 rings (SSSR count). The van der Waals surface area contributed by atoms with Crippen LogP contribution in [0.15, 0.2) is 30.3 Å². The molecule has 0 bridgehead atoms. The van der Waals surface area contributed by atoms with Crippen molar-refractivity contribution < 1.29 is 17.9 Å². The number of halogens is 3. The van der Waals surface area contributed by atoms with Crippen LogP contribution in [0.5, 0.6) is 0 Å². The molecule has 0 amide bonds. The molecule has 0 aliphatic rings. The second-order valence-corrected chi connectivity index (χ2v) is 3.42. The van der Waals surface area contributed by atoms with Crippen molar-refractivity contribution in [3.63, 3.8) is 0 Å². The molecule has 86 valence electrons. The lowest BCUT2D eigenvalue weighted by atomic mass is 10.1. The van der Waals surface area contributed by atoms with Gasteiger partial charge in [0.15, 0.2) is 0 Å². The molecule has 1 atom stereocenters. The first-order valence-electron chi connectivity index (χ1n) is 4.55. The van der Waals surface area contributed by atoms with Gasteiger partial charge in [-0.3, -0.25) is 0 Å². The standard InChI is InChI=1S/C11H10F3NO/c1-10(8-15,11(12,13)14)16-7-9-5-3-2-4-6-9/h2-6H,7H2,1H3. The molecular weight excluding hydrogens is 219 g/mol. The van der Waals surface area contributed by atoms with Gasteiger partial charge in [0.05, 0.1) is 6.61 Å². The average Bonchev–Trinajstić information content (AvgIpc) is 2.26. The van der Waals surface area contributed by atoms with Crippen LogP contribution in [0.25, 0.3) is 0 Å². The largest absolute Gasteiger partial charge is 0.430 e. The Morgan fingerprint density at radius 1 is 1.25 bits per heavy atom. The maximum atomic E-state index is 12.5. The predicted molar refractivity (Wildman–Crippen MR) is 51.3 cm³/mol. The van der Waals surface area contributed by atoms with E-state index < -0.39 is 11.8 Å². The summed E-state index contributed by atoms with van der Waals surface area (Å²) in [6.07, 6.45) is -4.70. The Morgan fingerprint density at radius 2 is 1.81 bits per heavy atom. The highest BCUT2D eigenvalue weighted by Crippen LogP contribution is 2.33. The summed E-state index contributed by atoms with van der Waals surface area (Å²) in [5.41, 5.74) is -2.17. The first kappa shape index (κ1) is 12.5. The summed E-state index contributed by atoms with van der Waals surface area (Å²) in [5, 5.41) is 8.50. The first-order chi connectivity index (χ1) is 7.39. The van der Waals surface area contributed by atoms with Gasteiger partial charge in [0, 0.05) is 0 Å². The van der Waals surface area contributed by atoms with Crippen molar-refractivity contribution in [2.75, 3.05) is 0 Å². The second kappa shape index (κ2) is 4.54. The number of nitrogens with zero attached hydrogens (tertiary/aromatic N) is 1. The normalized spacial score (nSPS) is 15.2. The minimum absolute atomic E-state index is 0.246. The molecule has 1 unspecified atom stereocenters. The number of ether oxygens (including phenoxy) is 1. The van der Waals surface area contributed by atoms with E-state index in [4.69, 9.17) is 5.26 Å². The van der Waals surface area contributed by atoms with Gasteiger partial charge in [0.2, 0.25) is 5.60 Å². The van der Waals surface area contributed by atoms with Crippen molar-refractivity contribution in [3.05, 3.63) is 35.9 Å². The zero-order valence-electron chi connectivity index (χ0n) is 8.58. The summed E-state index contributed by atoms with van der Waals surface area (Å²) in [7, 11) is 0. The number of hydrogen-bond acceptors (Lipinski definition) is 2. The van der Waals surface area contributed by atoms with Crippen molar-refractivity contribution in [2.24, 2.45) is 0 Å². The van der Waals surface area contributed by atoms with Gasteiger partial charge in [-0.2, -0.15) is 18.4 Å². The Morgan fingerprint density at radius 3 is 2.25 bits per heavy atom. The third-order valence-electron chi connectivity index (χ3n) is 2.12. The molecule has 16 heavy (non-hydrogen) atoms. The van der Waals surface area contributed by atoms with E-state index >= 15 is 0 Å². The molecule has 2 nitrogen and oxygen atoms in total. The van der Waals surface area contributed by atoms with Crippen molar-refractivity contribution >= 4 is 0 Å². The molecule has 0 saturated heterocycles. The highest BCUT2D eigenvalue weighted by Gasteiger charge is 2.53.